The molecule has 0 spiro atoms. The highest BCUT2D eigenvalue weighted by atomic mass is 16.7. The molecule has 2 aromatic rings. The van der Waals surface area contributed by atoms with Crippen LogP contribution < -0.4 is 14.2 Å². The van der Waals surface area contributed by atoms with Crippen molar-refractivity contribution in [1.29, 1.82) is 0 Å². The average molecular weight is 617 g/mol. The Balaban J connectivity index is 1.57. The van der Waals surface area contributed by atoms with E-state index in [9.17, 15) is 29.1 Å². The summed E-state index contributed by atoms with van der Waals surface area (Å²) >= 11 is 0. The first-order valence-corrected chi connectivity index (χ1v) is 13.6. The van der Waals surface area contributed by atoms with Gasteiger partial charge in [-0.25, -0.2) is 0 Å². The third-order valence-electron chi connectivity index (χ3n) is 6.44. The van der Waals surface area contributed by atoms with Crippen molar-refractivity contribution >= 4 is 29.7 Å². The van der Waals surface area contributed by atoms with E-state index < -0.39 is 72.7 Å². The SMILES string of the molecule is CC(=O)OCC1OC(Oc2ccc(C(=O)Cc3ccc4c(c3)OCCO4)c(O)c2)C(OC(C)=O)C(OC(C)=O)C1OC(C)=O. The van der Waals surface area contributed by atoms with Crippen LogP contribution in [-0.4, -0.2) is 85.3 Å². The van der Waals surface area contributed by atoms with Gasteiger partial charge in [0.25, 0.3) is 0 Å². The molecule has 2 heterocycles. The molecule has 0 aromatic heterocycles. The number of hydrogen-bond acceptors (Lipinski definition) is 14. The van der Waals surface area contributed by atoms with Gasteiger partial charge in [0.2, 0.25) is 12.4 Å². The number of Topliss-reactive ketones (excluding diaryl/α,β-unsaturated/α-hetero) is 1. The Bertz CT molecular complexity index is 1420. The maximum atomic E-state index is 13.0. The van der Waals surface area contributed by atoms with Crippen LogP contribution in [0, 0.1) is 0 Å². The summed E-state index contributed by atoms with van der Waals surface area (Å²) in [7, 11) is 0. The average Bonchev–Trinajstić information content (AvgIpc) is 2.94. The van der Waals surface area contributed by atoms with Crippen LogP contribution in [0.5, 0.6) is 23.0 Å². The first-order valence-electron chi connectivity index (χ1n) is 13.6. The van der Waals surface area contributed by atoms with Crippen LogP contribution in [0.3, 0.4) is 0 Å². The molecular weight excluding hydrogens is 584 g/mol. The van der Waals surface area contributed by atoms with Crippen LogP contribution in [0.15, 0.2) is 36.4 Å². The van der Waals surface area contributed by atoms with Gasteiger partial charge in [0, 0.05) is 40.2 Å². The smallest absolute Gasteiger partial charge is 0.303 e. The molecule has 1 N–H and O–H groups in total. The summed E-state index contributed by atoms with van der Waals surface area (Å²) in [5.74, 6) is -2.74. The van der Waals surface area contributed by atoms with Gasteiger partial charge in [-0.3, -0.25) is 24.0 Å². The molecule has 44 heavy (non-hydrogen) atoms. The standard InChI is InChI=1S/C30H32O14/c1-15(31)39-14-26-27(40-16(2)32)28(41-17(3)33)29(42-18(4)34)30(44-26)43-20-6-7-21(23(36)13-20)22(35)11-19-5-8-24-25(12-19)38-10-9-37-24/h5-8,12-13,26-30,36H,9-11,14H2,1-4H3. The molecule has 236 valence electrons. The number of fused-ring (bicyclic) bond motifs is 1. The molecule has 2 aromatic carbocycles. The Morgan fingerprint density at radius 2 is 1.41 bits per heavy atom. The van der Waals surface area contributed by atoms with Crippen molar-refractivity contribution in [1.82, 2.24) is 0 Å². The number of rotatable bonds is 10. The molecular formula is C30H32O14. The Kier molecular flexibility index (Phi) is 10.3. The van der Waals surface area contributed by atoms with Crippen LogP contribution in [0.2, 0.25) is 0 Å². The molecule has 14 nitrogen and oxygen atoms in total. The summed E-state index contributed by atoms with van der Waals surface area (Å²) in [6.07, 6.45) is -7.01. The second-order valence-corrected chi connectivity index (χ2v) is 9.94. The lowest BCUT2D eigenvalue weighted by atomic mass is 9.98. The summed E-state index contributed by atoms with van der Waals surface area (Å²) in [6, 6.07) is 9.02. The van der Waals surface area contributed by atoms with Gasteiger partial charge in [0.1, 0.15) is 37.4 Å². The van der Waals surface area contributed by atoms with Gasteiger partial charge in [0.15, 0.2) is 29.5 Å². The van der Waals surface area contributed by atoms with Gasteiger partial charge in [-0.2, -0.15) is 0 Å². The quantitative estimate of drug-likeness (QED) is 0.233. The zero-order valence-corrected chi connectivity index (χ0v) is 24.4. The molecule has 14 heteroatoms. The number of hydrogen-bond donors (Lipinski definition) is 1. The van der Waals surface area contributed by atoms with Gasteiger partial charge < -0.3 is 43.0 Å². The number of aromatic hydroxyl groups is 1. The minimum atomic E-state index is -1.51. The minimum Gasteiger partial charge on any atom is -0.507 e. The van der Waals surface area contributed by atoms with E-state index in [4.69, 9.17) is 37.9 Å². The minimum absolute atomic E-state index is 0.00813. The summed E-state index contributed by atoms with van der Waals surface area (Å²) < 4.78 is 44.0. The largest absolute Gasteiger partial charge is 0.507 e. The molecule has 0 bridgehead atoms. The summed E-state index contributed by atoms with van der Waals surface area (Å²) in [6.45, 7) is 4.86. The maximum absolute atomic E-state index is 13.0. The number of carbonyl (C=O) groups is 5. The van der Waals surface area contributed by atoms with E-state index in [-0.39, 0.29) is 17.7 Å². The number of carbonyl (C=O) groups excluding carboxylic acids is 5. The molecule has 5 atom stereocenters. The Labute approximate surface area is 252 Å². The van der Waals surface area contributed by atoms with E-state index in [1.165, 1.54) is 12.1 Å². The molecule has 2 aliphatic heterocycles. The fraction of sp³-hybridized carbons (Fsp3) is 0.433. The zero-order chi connectivity index (χ0) is 32.0. The number of esters is 4. The first kappa shape index (κ1) is 32.1. The van der Waals surface area contributed by atoms with Crippen molar-refractivity contribution in [3.8, 4) is 23.0 Å². The summed E-state index contributed by atoms with van der Waals surface area (Å²) in [5, 5.41) is 10.7. The van der Waals surface area contributed by atoms with Crippen molar-refractivity contribution < 1.29 is 67.0 Å². The van der Waals surface area contributed by atoms with Gasteiger partial charge >= 0.3 is 23.9 Å². The summed E-state index contributed by atoms with van der Waals surface area (Å²) in [5.41, 5.74) is 0.658. The Hall–Kier alpha value is -4.85. The lowest BCUT2D eigenvalue weighted by Crippen LogP contribution is -2.63. The van der Waals surface area contributed by atoms with E-state index in [0.29, 0.717) is 30.3 Å². The van der Waals surface area contributed by atoms with E-state index >= 15 is 0 Å². The third kappa shape index (κ3) is 8.16. The van der Waals surface area contributed by atoms with E-state index in [0.717, 1.165) is 33.8 Å². The fourth-order valence-corrected chi connectivity index (χ4v) is 4.72. The Morgan fingerprint density at radius 1 is 0.773 bits per heavy atom. The van der Waals surface area contributed by atoms with Crippen LogP contribution in [0.1, 0.15) is 43.6 Å². The Morgan fingerprint density at radius 3 is 2.05 bits per heavy atom. The van der Waals surface area contributed by atoms with Gasteiger partial charge in [-0.15, -0.1) is 0 Å². The number of phenols is 1. The maximum Gasteiger partial charge on any atom is 0.303 e. The van der Waals surface area contributed by atoms with Gasteiger partial charge in [0.05, 0.1) is 5.56 Å². The number of ether oxygens (including phenoxy) is 8. The molecule has 2 aliphatic rings. The van der Waals surface area contributed by atoms with Crippen LogP contribution >= 0.6 is 0 Å². The molecule has 0 saturated carbocycles. The molecule has 4 rings (SSSR count). The lowest BCUT2D eigenvalue weighted by molar-refractivity contribution is -0.288. The van der Waals surface area contributed by atoms with Crippen molar-refractivity contribution in [3.63, 3.8) is 0 Å². The monoisotopic (exact) mass is 616 g/mol. The fourth-order valence-electron chi connectivity index (χ4n) is 4.72. The molecule has 0 aliphatic carbocycles. The van der Waals surface area contributed by atoms with Crippen molar-refractivity contribution in [2.45, 2.75) is 64.8 Å². The number of phenolic OH excluding ortho intramolecular Hbond substituents is 1. The third-order valence-corrected chi connectivity index (χ3v) is 6.44. The van der Waals surface area contributed by atoms with Gasteiger partial charge in [-0.1, -0.05) is 6.07 Å². The number of benzene rings is 2. The molecule has 5 unspecified atom stereocenters. The van der Waals surface area contributed by atoms with Gasteiger partial charge in [-0.05, 0) is 29.8 Å². The predicted octanol–water partition coefficient (Wildman–Crippen LogP) is 2.05. The number of ketones is 1. The van der Waals surface area contributed by atoms with E-state index in [1.54, 1.807) is 18.2 Å². The second-order valence-electron chi connectivity index (χ2n) is 9.94. The van der Waals surface area contributed by atoms with E-state index in [2.05, 4.69) is 0 Å². The van der Waals surface area contributed by atoms with Crippen molar-refractivity contribution in [3.05, 3.63) is 47.5 Å². The first-order chi connectivity index (χ1) is 20.9. The second kappa shape index (κ2) is 14.1. The van der Waals surface area contributed by atoms with E-state index in [1.807, 2.05) is 0 Å². The van der Waals surface area contributed by atoms with Crippen molar-refractivity contribution in [2.24, 2.45) is 0 Å². The van der Waals surface area contributed by atoms with Crippen LogP contribution in [-0.2, 0) is 49.3 Å². The summed E-state index contributed by atoms with van der Waals surface area (Å²) in [4.78, 5) is 60.5. The molecule has 1 saturated heterocycles. The van der Waals surface area contributed by atoms with Crippen LogP contribution in [0.25, 0.3) is 0 Å². The zero-order valence-electron chi connectivity index (χ0n) is 24.4. The molecule has 0 radical (unpaired) electrons. The predicted molar refractivity (Wildman–Crippen MR) is 146 cm³/mol. The van der Waals surface area contributed by atoms with Crippen LogP contribution in [0.4, 0.5) is 0 Å². The lowest BCUT2D eigenvalue weighted by Gasteiger charge is -2.43. The highest BCUT2D eigenvalue weighted by Gasteiger charge is 2.53. The highest BCUT2D eigenvalue weighted by molar-refractivity contribution is 6.00. The molecule has 0 amide bonds. The highest BCUT2D eigenvalue weighted by Crippen LogP contribution is 2.34. The topological polar surface area (TPSA) is 179 Å². The normalized spacial score (nSPS) is 22.2. The molecule has 1 fully saturated rings. The van der Waals surface area contributed by atoms with Crippen molar-refractivity contribution in [2.75, 3.05) is 19.8 Å².